The number of anilines is 1. The number of hydrogen-bond donors (Lipinski definition) is 1. The highest BCUT2D eigenvalue weighted by Crippen LogP contribution is 2.25. The first-order valence-electron chi connectivity index (χ1n) is 11.3. The van der Waals surface area contributed by atoms with Crippen molar-refractivity contribution >= 4 is 29.2 Å². The van der Waals surface area contributed by atoms with Crippen molar-refractivity contribution in [3.05, 3.63) is 65.5 Å². The Labute approximate surface area is 193 Å². The molecular weight excluding hydrogens is 418 g/mol. The molecule has 1 saturated heterocycles. The Bertz CT molecular complexity index is 1190. The SMILES string of the molecule is CCc1nc2ccc(C(=O)N3CCCC(C(N)=O)C3)cn2c1N(C)C(=O)Cc1ccccc1. The van der Waals surface area contributed by atoms with Crippen LogP contribution in [0, 0.1) is 5.92 Å². The van der Waals surface area contributed by atoms with Crippen molar-refractivity contribution in [1.29, 1.82) is 0 Å². The number of aryl methyl sites for hydroxylation is 1. The maximum absolute atomic E-state index is 13.2. The number of rotatable bonds is 6. The third-order valence-corrected chi connectivity index (χ3v) is 6.25. The van der Waals surface area contributed by atoms with Crippen LogP contribution in [0.3, 0.4) is 0 Å². The van der Waals surface area contributed by atoms with E-state index in [1.54, 1.807) is 35.2 Å². The maximum Gasteiger partial charge on any atom is 0.255 e. The summed E-state index contributed by atoms with van der Waals surface area (Å²) in [5.41, 5.74) is 8.35. The number of aromatic nitrogens is 2. The molecule has 1 unspecified atom stereocenters. The summed E-state index contributed by atoms with van der Waals surface area (Å²) < 4.78 is 1.81. The molecule has 3 aromatic rings. The lowest BCUT2D eigenvalue weighted by molar-refractivity contribution is -0.123. The molecule has 0 radical (unpaired) electrons. The lowest BCUT2D eigenvalue weighted by Gasteiger charge is -2.31. The third-order valence-electron chi connectivity index (χ3n) is 6.25. The fourth-order valence-corrected chi connectivity index (χ4v) is 4.38. The Hall–Kier alpha value is -3.68. The fourth-order valence-electron chi connectivity index (χ4n) is 4.38. The molecule has 8 nitrogen and oxygen atoms in total. The molecule has 0 bridgehead atoms. The molecule has 2 N–H and O–H groups in total. The number of nitrogens with two attached hydrogens (primary N) is 1. The Kier molecular flexibility index (Phi) is 6.44. The van der Waals surface area contributed by atoms with E-state index in [9.17, 15) is 14.4 Å². The maximum atomic E-state index is 13.2. The quantitative estimate of drug-likeness (QED) is 0.627. The molecule has 3 heterocycles. The van der Waals surface area contributed by atoms with Gasteiger partial charge in [0.1, 0.15) is 11.5 Å². The summed E-state index contributed by atoms with van der Waals surface area (Å²) in [5.74, 6) is -0.236. The lowest BCUT2D eigenvalue weighted by Crippen LogP contribution is -2.44. The summed E-state index contributed by atoms with van der Waals surface area (Å²) in [7, 11) is 1.74. The van der Waals surface area contributed by atoms with Crippen LogP contribution >= 0.6 is 0 Å². The highest BCUT2D eigenvalue weighted by atomic mass is 16.2. The molecule has 1 aromatic carbocycles. The standard InChI is InChI=1S/C25H29N5O3/c1-3-20-24(28(2)22(31)14-17-8-5-4-6-9-17)30-16-19(11-12-21(30)27-20)25(33)29-13-7-10-18(15-29)23(26)32/h4-6,8-9,11-12,16,18H,3,7,10,13-15H2,1-2H3,(H2,26,32). The minimum Gasteiger partial charge on any atom is -0.369 e. The van der Waals surface area contributed by atoms with Gasteiger partial charge in [0.2, 0.25) is 11.8 Å². The van der Waals surface area contributed by atoms with Crippen LogP contribution in [0.2, 0.25) is 0 Å². The molecule has 1 fully saturated rings. The minimum absolute atomic E-state index is 0.0604. The number of likely N-dealkylation sites (tertiary alicyclic amines) is 1. The zero-order chi connectivity index (χ0) is 23.5. The van der Waals surface area contributed by atoms with Crippen LogP contribution in [0.15, 0.2) is 48.7 Å². The monoisotopic (exact) mass is 447 g/mol. The summed E-state index contributed by atoms with van der Waals surface area (Å²) >= 11 is 0. The molecule has 1 atom stereocenters. The molecule has 1 aliphatic rings. The number of imidazole rings is 1. The van der Waals surface area contributed by atoms with Gasteiger partial charge in [-0.25, -0.2) is 4.98 Å². The lowest BCUT2D eigenvalue weighted by atomic mass is 9.97. The van der Waals surface area contributed by atoms with Gasteiger partial charge < -0.3 is 10.6 Å². The number of pyridine rings is 1. The highest BCUT2D eigenvalue weighted by Gasteiger charge is 2.28. The summed E-state index contributed by atoms with van der Waals surface area (Å²) in [6, 6.07) is 13.1. The predicted molar refractivity (Wildman–Crippen MR) is 126 cm³/mol. The predicted octanol–water partition coefficient (Wildman–Crippen LogP) is 2.44. The van der Waals surface area contributed by atoms with Crippen molar-refractivity contribution in [2.45, 2.75) is 32.6 Å². The molecule has 0 saturated carbocycles. The largest absolute Gasteiger partial charge is 0.369 e. The van der Waals surface area contributed by atoms with Crippen molar-refractivity contribution in [2.75, 3.05) is 25.0 Å². The van der Waals surface area contributed by atoms with Crippen LogP contribution in [-0.2, 0) is 22.4 Å². The van der Waals surface area contributed by atoms with E-state index in [0.29, 0.717) is 43.0 Å². The first kappa shape index (κ1) is 22.5. The van der Waals surface area contributed by atoms with Gasteiger partial charge in [0.25, 0.3) is 5.91 Å². The minimum atomic E-state index is -0.369. The second kappa shape index (κ2) is 9.44. The number of carbonyl (C=O) groups is 3. The van der Waals surface area contributed by atoms with E-state index in [-0.39, 0.29) is 30.1 Å². The first-order valence-corrected chi connectivity index (χ1v) is 11.3. The van der Waals surface area contributed by atoms with Crippen LogP contribution in [0.5, 0.6) is 0 Å². The van der Waals surface area contributed by atoms with E-state index < -0.39 is 0 Å². The number of primary amides is 1. The summed E-state index contributed by atoms with van der Waals surface area (Å²) in [6.45, 7) is 2.91. The fraction of sp³-hybridized carbons (Fsp3) is 0.360. The molecule has 4 rings (SSSR count). The molecule has 33 heavy (non-hydrogen) atoms. The van der Waals surface area contributed by atoms with E-state index in [4.69, 9.17) is 5.73 Å². The van der Waals surface area contributed by atoms with E-state index in [1.165, 1.54) is 0 Å². The number of likely N-dealkylation sites (N-methyl/N-ethyl adjacent to an activating group) is 1. The molecule has 0 spiro atoms. The van der Waals surface area contributed by atoms with Crippen LogP contribution in [0.1, 0.15) is 41.4 Å². The van der Waals surface area contributed by atoms with E-state index in [2.05, 4.69) is 4.98 Å². The average Bonchev–Trinajstić information content (AvgIpc) is 3.21. The number of carbonyl (C=O) groups excluding carboxylic acids is 3. The number of benzene rings is 1. The van der Waals surface area contributed by atoms with Crippen LogP contribution in [-0.4, -0.2) is 52.1 Å². The van der Waals surface area contributed by atoms with Gasteiger partial charge in [-0.05, 0) is 37.0 Å². The summed E-state index contributed by atoms with van der Waals surface area (Å²) in [5, 5.41) is 0. The van der Waals surface area contributed by atoms with Gasteiger partial charge in [-0.15, -0.1) is 0 Å². The van der Waals surface area contributed by atoms with Crippen molar-refractivity contribution in [1.82, 2.24) is 14.3 Å². The molecule has 8 heteroatoms. The van der Waals surface area contributed by atoms with Gasteiger partial charge in [0.15, 0.2) is 0 Å². The van der Waals surface area contributed by atoms with Gasteiger partial charge >= 0.3 is 0 Å². The first-order chi connectivity index (χ1) is 15.9. The zero-order valence-electron chi connectivity index (χ0n) is 19.0. The molecule has 0 aliphatic carbocycles. The number of nitrogens with zero attached hydrogens (tertiary/aromatic N) is 4. The molecule has 172 valence electrons. The van der Waals surface area contributed by atoms with E-state index in [0.717, 1.165) is 17.7 Å². The second-order valence-corrected chi connectivity index (χ2v) is 8.49. The van der Waals surface area contributed by atoms with Gasteiger partial charge in [0, 0.05) is 26.3 Å². The Balaban J connectivity index is 1.64. The van der Waals surface area contributed by atoms with Crippen LogP contribution in [0.25, 0.3) is 5.65 Å². The van der Waals surface area contributed by atoms with Crippen molar-refractivity contribution in [3.8, 4) is 0 Å². The van der Waals surface area contributed by atoms with Gasteiger partial charge in [-0.3, -0.25) is 23.7 Å². The topological polar surface area (TPSA) is 101 Å². The zero-order valence-corrected chi connectivity index (χ0v) is 19.0. The van der Waals surface area contributed by atoms with Crippen molar-refractivity contribution < 1.29 is 14.4 Å². The van der Waals surface area contributed by atoms with Crippen molar-refractivity contribution in [3.63, 3.8) is 0 Å². The Morgan fingerprint density at radius 1 is 1.15 bits per heavy atom. The number of piperidine rings is 1. The molecular formula is C25H29N5O3. The smallest absolute Gasteiger partial charge is 0.255 e. The van der Waals surface area contributed by atoms with Gasteiger partial charge in [-0.2, -0.15) is 0 Å². The average molecular weight is 448 g/mol. The highest BCUT2D eigenvalue weighted by molar-refractivity contribution is 5.96. The molecule has 1 aliphatic heterocycles. The molecule has 2 aromatic heterocycles. The summed E-state index contributed by atoms with van der Waals surface area (Å²) in [4.78, 5) is 45.8. The summed E-state index contributed by atoms with van der Waals surface area (Å²) in [6.07, 6.45) is 4.11. The van der Waals surface area contributed by atoms with Crippen LogP contribution in [0.4, 0.5) is 5.82 Å². The number of amides is 3. The van der Waals surface area contributed by atoms with Crippen molar-refractivity contribution in [2.24, 2.45) is 11.7 Å². The number of fused-ring (bicyclic) bond motifs is 1. The number of hydrogen-bond acceptors (Lipinski definition) is 4. The Morgan fingerprint density at radius 2 is 1.91 bits per heavy atom. The van der Waals surface area contributed by atoms with Gasteiger partial charge in [0.05, 0.1) is 23.6 Å². The van der Waals surface area contributed by atoms with Crippen LogP contribution < -0.4 is 10.6 Å². The Morgan fingerprint density at radius 3 is 2.61 bits per heavy atom. The van der Waals surface area contributed by atoms with E-state index >= 15 is 0 Å². The molecule has 3 amide bonds. The second-order valence-electron chi connectivity index (χ2n) is 8.49. The normalized spacial score (nSPS) is 16.1. The van der Waals surface area contributed by atoms with E-state index in [1.807, 2.05) is 41.7 Å². The van der Waals surface area contributed by atoms with Gasteiger partial charge in [-0.1, -0.05) is 37.3 Å². The third kappa shape index (κ3) is 4.60.